The number of carbonyl (C=O) groups excluding carboxylic acids is 2. The highest BCUT2D eigenvalue weighted by molar-refractivity contribution is 5.78. The van der Waals surface area contributed by atoms with Crippen LogP contribution in [0.2, 0.25) is 0 Å². The first-order valence-corrected chi connectivity index (χ1v) is 7.24. The fraction of sp³-hybridized carbons (Fsp3) is 0.857. The lowest BCUT2D eigenvalue weighted by Crippen LogP contribution is -2.47. The number of hydrogen-bond donors (Lipinski definition) is 2. The lowest BCUT2D eigenvalue weighted by atomic mass is 10.0. The summed E-state index contributed by atoms with van der Waals surface area (Å²) >= 11 is 0. The van der Waals surface area contributed by atoms with E-state index in [1.165, 1.54) is 0 Å². The van der Waals surface area contributed by atoms with Crippen LogP contribution in [-0.4, -0.2) is 41.9 Å². The molecule has 1 fully saturated rings. The fourth-order valence-corrected chi connectivity index (χ4v) is 2.15. The van der Waals surface area contributed by atoms with Gasteiger partial charge in [-0.25, -0.2) is 0 Å². The number of nitrogens with zero attached hydrogens (tertiary/aromatic N) is 1. The van der Waals surface area contributed by atoms with Gasteiger partial charge in [0, 0.05) is 37.5 Å². The Balaban J connectivity index is 2.28. The van der Waals surface area contributed by atoms with Crippen LogP contribution in [-0.2, 0) is 9.59 Å². The second-order valence-electron chi connectivity index (χ2n) is 5.83. The maximum atomic E-state index is 11.9. The average molecular weight is 269 g/mol. The van der Waals surface area contributed by atoms with Gasteiger partial charge >= 0.3 is 0 Å². The first kappa shape index (κ1) is 16.0. The molecule has 19 heavy (non-hydrogen) atoms. The number of hydrogen-bond acceptors (Lipinski definition) is 3. The molecule has 1 saturated heterocycles. The lowest BCUT2D eigenvalue weighted by Gasteiger charge is -2.33. The van der Waals surface area contributed by atoms with Crippen LogP contribution < -0.4 is 11.1 Å². The molecule has 0 aromatic heterocycles. The van der Waals surface area contributed by atoms with Gasteiger partial charge in [0.1, 0.15) is 0 Å². The van der Waals surface area contributed by atoms with E-state index in [-0.39, 0.29) is 29.8 Å². The molecule has 5 heteroatoms. The van der Waals surface area contributed by atoms with Gasteiger partial charge in [-0.15, -0.1) is 0 Å². The van der Waals surface area contributed by atoms with Gasteiger partial charge in [-0.1, -0.05) is 13.8 Å². The molecular weight excluding hydrogens is 242 g/mol. The summed E-state index contributed by atoms with van der Waals surface area (Å²) in [5.74, 6) is 0.304. The Bertz CT molecular complexity index is 308. The summed E-state index contributed by atoms with van der Waals surface area (Å²) in [5.41, 5.74) is 5.66. The Morgan fingerprint density at radius 1 is 1.26 bits per heavy atom. The van der Waals surface area contributed by atoms with Crippen molar-refractivity contribution in [3.8, 4) is 0 Å². The zero-order valence-corrected chi connectivity index (χ0v) is 12.3. The standard InChI is InChI=1S/C14H27N3O2/c1-10(2)14(19)16-12-6-8-17(9-7-12)13(18)5-4-11(3)15/h10-12H,4-9,15H2,1-3H3,(H,16,19). The molecule has 0 radical (unpaired) electrons. The minimum absolute atomic E-state index is 0.0192. The van der Waals surface area contributed by atoms with Crippen molar-refractivity contribution >= 4 is 11.8 Å². The van der Waals surface area contributed by atoms with Crippen LogP contribution in [0.1, 0.15) is 46.5 Å². The number of nitrogens with one attached hydrogen (secondary N) is 1. The third-order valence-electron chi connectivity index (χ3n) is 3.53. The maximum absolute atomic E-state index is 11.9. The van der Waals surface area contributed by atoms with E-state index in [9.17, 15) is 9.59 Å². The number of piperidine rings is 1. The summed E-state index contributed by atoms with van der Waals surface area (Å²) in [6.07, 6.45) is 2.97. The molecule has 110 valence electrons. The van der Waals surface area contributed by atoms with Gasteiger partial charge < -0.3 is 16.0 Å². The van der Waals surface area contributed by atoms with Crippen molar-refractivity contribution in [1.29, 1.82) is 0 Å². The van der Waals surface area contributed by atoms with Crippen molar-refractivity contribution in [3.05, 3.63) is 0 Å². The fourth-order valence-electron chi connectivity index (χ4n) is 2.15. The molecule has 3 N–H and O–H groups in total. The molecule has 0 bridgehead atoms. The Kier molecular flexibility index (Phi) is 6.28. The molecule has 1 unspecified atom stereocenters. The third-order valence-corrected chi connectivity index (χ3v) is 3.53. The van der Waals surface area contributed by atoms with E-state index < -0.39 is 0 Å². The third kappa shape index (κ3) is 5.59. The molecule has 1 heterocycles. The van der Waals surface area contributed by atoms with Crippen molar-refractivity contribution in [2.45, 2.75) is 58.5 Å². The van der Waals surface area contributed by atoms with Crippen molar-refractivity contribution in [3.63, 3.8) is 0 Å². The summed E-state index contributed by atoms with van der Waals surface area (Å²) < 4.78 is 0. The van der Waals surface area contributed by atoms with E-state index in [4.69, 9.17) is 5.73 Å². The van der Waals surface area contributed by atoms with Gasteiger partial charge in [-0.2, -0.15) is 0 Å². The largest absolute Gasteiger partial charge is 0.353 e. The molecule has 1 aliphatic rings. The van der Waals surface area contributed by atoms with Gasteiger partial charge in [-0.05, 0) is 26.2 Å². The molecule has 0 spiro atoms. The molecule has 1 aliphatic heterocycles. The minimum Gasteiger partial charge on any atom is -0.353 e. The Morgan fingerprint density at radius 3 is 2.32 bits per heavy atom. The summed E-state index contributed by atoms with van der Waals surface area (Å²) in [6.45, 7) is 7.17. The summed E-state index contributed by atoms with van der Waals surface area (Å²) in [7, 11) is 0. The number of likely N-dealkylation sites (tertiary alicyclic amines) is 1. The monoisotopic (exact) mass is 269 g/mol. The van der Waals surface area contributed by atoms with Crippen LogP contribution in [0.25, 0.3) is 0 Å². The van der Waals surface area contributed by atoms with Crippen LogP contribution in [0.5, 0.6) is 0 Å². The van der Waals surface area contributed by atoms with Crippen molar-refractivity contribution in [2.75, 3.05) is 13.1 Å². The van der Waals surface area contributed by atoms with Crippen molar-refractivity contribution in [1.82, 2.24) is 10.2 Å². The molecule has 1 atom stereocenters. The van der Waals surface area contributed by atoms with Crippen molar-refractivity contribution in [2.24, 2.45) is 11.7 Å². The first-order chi connectivity index (χ1) is 8.90. The Hall–Kier alpha value is -1.10. The highest BCUT2D eigenvalue weighted by atomic mass is 16.2. The minimum atomic E-state index is 0.0192. The van der Waals surface area contributed by atoms with Crippen molar-refractivity contribution < 1.29 is 9.59 Å². The first-order valence-electron chi connectivity index (χ1n) is 7.24. The highest BCUT2D eigenvalue weighted by Crippen LogP contribution is 2.13. The Morgan fingerprint density at radius 2 is 1.84 bits per heavy atom. The van der Waals surface area contributed by atoms with E-state index in [0.717, 1.165) is 32.4 Å². The van der Waals surface area contributed by atoms with Crippen LogP contribution in [0.3, 0.4) is 0 Å². The van der Waals surface area contributed by atoms with E-state index in [1.54, 1.807) is 0 Å². The molecule has 5 nitrogen and oxygen atoms in total. The molecule has 0 saturated carbocycles. The lowest BCUT2D eigenvalue weighted by molar-refractivity contribution is -0.132. The van der Waals surface area contributed by atoms with Crippen LogP contribution >= 0.6 is 0 Å². The van der Waals surface area contributed by atoms with E-state index in [0.29, 0.717) is 6.42 Å². The number of nitrogens with two attached hydrogens (primary N) is 1. The summed E-state index contributed by atoms with van der Waals surface area (Å²) in [4.78, 5) is 25.4. The number of rotatable bonds is 5. The van der Waals surface area contributed by atoms with Gasteiger partial charge in [0.2, 0.25) is 11.8 Å². The van der Waals surface area contributed by atoms with E-state index >= 15 is 0 Å². The van der Waals surface area contributed by atoms with E-state index in [2.05, 4.69) is 5.32 Å². The molecule has 0 aliphatic carbocycles. The second kappa shape index (κ2) is 7.48. The molecule has 0 aromatic carbocycles. The SMILES string of the molecule is CC(N)CCC(=O)N1CCC(NC(=O)C(C)C)CC1. The zero-order valence-electron chi connectivity index (χ0n) is 12.3. The van der Waals surface area contributed by atoms with Gasteiger partial charge in [0.05, 0.1) is 0 Å². The molecule has 1 rings (SSSR count). The topological polar surface area (TPSA) is 75.4 Å². The van der Waals surface area contributed by atoms with Crippen LogP contribution in [0, 0.1) is 5.92 Å². The number of amides is 2. The zero-order chi connectivity index (χ0) is 14.4. The smallest absolute Gasteiger partial charge is 0.222 e. The van der Waals surface area contributed by atoms with Gasteiger partial charge in [-0.3, -0.25) is 9.59 Å². The van der Waals surface area contributed by atoms with Crippen LogP contribution in [0.15, 0.2) is 0 Å². The average Bonchev–Trinajstić information content (AvgIpc) is 2.36. The predicted octanol–water partition coefficient (Wildman–Crippen LogP) is 0.877. The molecule has 2 amide bonds. The second-order valence-corrected chi connectivity index (χ2v) is 5.83. The van der Waals surface area contributed by atoms with E-state index in [1.807, 2.05) is 25.7 Å². The summed E-state index contributed by atoms with van der Waals surface area (Å²) in [5, 5.41) is 3.03. The summed E-state index contributed by atoms with van der Waals surface area (Å²) in [6, 6.07) is 0.291. The highest BCUT2D eigenvalue weighted by Gasteiger charge is 2.24. The predicted molar refractivity (Wildman–Crippen MR) is 75.5 cm³/mol. The molecular formula is C14H27N3O2. The number of carbonyl (C=O) groups is 2. The quantitative estimate of drug-likeness (QED) is 0.778. The maximum Gasteiger partial charge on any atom is 0.222 e. The van der Waals surface area contributed by atoms with Gasteiger partial charge in [0.25, 0.3) is 0 Å². The normalized spacial score (nSPS) is 18.5. The van der Waals surface area contributed by atoms with Gasteiger partial charge in [0.15, 0.2) is 0 Å². The van der Waals surface area contributed by atoms with Crippen LogP contribution in [0.4, 0.5) is 0 Å². The Labute approximate surface area is 115 Å². The molecule has 0 aromatic rings.